The molecule has 2 N–H and O–H groups in total. The van der Waals surface area contributed by atoms with E-state index < -0.39 is 28.6 Å². The van der Waals surface area contributed by atoms with Gasteiger partial charge in [0.1, 0.15) is 5.56 Å². The van der Waals surface area contributed by atoms with E-state index in [0.717, 1.165) is 50.3 Å². The van der Waals surface area contributed by atoms with Gasteiger partial charge in [0.05, 0.1) is 22.5 Å². The van der Waals surface area contributed by atoms with Crippen molar-refractivity contribution in [1.82, 2.24) is 14.6 Å². The smallest absolute Gasteiger partial charge is 0.421 e. The van der Waals surface area contributed by atoms with Crippen LogP contribution in [-0.2, 0) is 22.3 Å². The number of nitrogens with one attached hydrogen (secondary N) is 2. The van der Waals surface area contributed by atoms with Crippen molar-refractivity contribution >= 4 is 17.3 Å². The first-order valence-electron chi connectivity index (χ1n) is 14.3. The summed E-state index contributed by atoms with van der Waals surface area (Å²) >= 11 is -2.06. The maximum atomic E-state index is 14.3. The number of hydrogen-bond acceptors (Lipinski definition) is 4. The molecular weight excluding hydrogens is 539 g/mol. The molecule has 1 saturated heterocycles. The van der Waals surface area contributed by atoms with E-state index >= 15 is 0 Å². The van der Waals surface area contributed by atoms with E-state index in [0.29, 0.717) is 36.0 Å². The SMILES string of the molecule is Cc1c(C(=O)NC2CCOCC2)cc(-c2ccc([S+]([O-])NC(C)(C)C)c(C(F)(F)F)c2)n1C(C)C1CCCCC1. The molecule has 2 heterocycles. The molecule has 10 heteroatoms. The lowest BCUT2D eigenvalue weighted by molar-refractivity contribution is -0.139. The van der Waals surface area contributed by atoms with E-state index in [2.05, 4.69) is 21.5 Å². The molecule has 2 aliphatic rings. The number of hydrogen-bond donors (Lipinski definition) is 2. The Morgan fingerprint density at radius 3 is 2.33 bits per heavy atom. The third kappa shape index (κ3) is 7.24. The van der Waals surface area contributed by atoms with Crippen molar-refractivity contribution in [3.8, 4) is 11.3 Å². The van der Waals surface area contributed by atoms with Crippen LogP contribution >= 0.6 is 0 Å². The first-order chi connectivity index (χ1) is 18.8. The van der Waals surface area contributed by atoms with Gasteiger partial charge in [0.25, 0.3) is 5.91 Å². The summed E-state index contributed by atoms with van der Waals surface area (Å²) in [4.78, 5) is 13.1. The number of ether oxygens (including phenoxy) is 1. The second-order valence-corrected chi connectivity index (χ2v) is 13.4. The Morgan fingerprint density at radius 2 is 1.73 bits per heavy atom. The van der Waals surface area contributed by atoms with Crippen LogP contribution in [0.2, 0.25) is 0 Å². The predicted molar refractivity (Wildman–Crippen MR) is 151 cm³/mol. The van der Waals surface area contributed by atoms with Gasteiger partial charge in [-0.2, -0.15) is 13.2 Å². The van der Waals surface area contributed by atoms with E-state index in [-0.39, 0.29) is 22.9 Å². The molecule has 2 unspecified atom stereocenters. The lowest BCUT2D eigenvalue weighted by Gasteiger charge is -2.31. The van der Waals surface area contributed by atoms with Crippen LogP contribution in [0.25, 0.3) is 11.3 Å². The predicted octanol–water partition coefficient (Wildman–Crippen LogP) is 6.94. The molecule has 40 heavy (non-hydrogen) atoms. The fourth-order valence-electron chi connectivity index (χ4n) is 5.94. The summed E-state index contributed by atoms with van der Waals surface area (Å²) in [6.45, 7) is 10.4. The zero-order chi connectivity index (χ0) is 29.2. The van der Waals surface area contributed by atoms with E-state index in [9.17, 15) is 22.5 Å². The molecule has 1 aliphatic heterocycles. The molecule has 1 aliphatic carbocycles. The second kappa shape index (κ2) is 12.5. The third-order valence-corrected chi connectivity index (χ3v) is 9.56. The average molecular weight is 582 g/mol. The summed E-state index contributed by atoms with van der Waals surface area (Å²) in [5.41, 5.74) is 0.552. The summed E-state index contributed by atoms with van der Waals surface area (Å²) in [6.07, 6.45) is 2.29. The quantitative estimate of drug-likeness (QED) is 0.347. The van der Waals surface area contributed by atoms with Gasteiger partial charge in [-0.1, -0.05) is 19.3 Å². The van der Waals surface area contributed by atoms with Crippen LogP contribution in [-0.4, -0.2) is 39.8 Å². The summed E-state index contributed by atoms with van der Waals surface area (Å²) in [6, 6.07) is 5.70. The van der Waals surface area contributed by atoms with E-state index in [1.165, 1.54) is 12.5 Å². The lowest BCUT2D eigenvalue weighted by atomic mass is 9.84. The molecule has 1 aromatic carbocycles. The fraction of sp³-hybridized carbons (Fsp3) is 0.633. The van der Waals surface area contributed by atoms with Gasteiger partial charge in [0, 0.05) is 36.7 Å². The number of benzene rings is 1. The minimum Gasteiger partial charge on any atom is -0.593 e. The molecule has 2 aromatic rings. The van der Waals surface area contributed by atoms with Gasteiger partial charge in [0.15, 0.2) is 4.90 Å². The van der Waals surface area contributed by atoms with Gasteiger partial charge in [-0.3, -0.25) is 4.79 Å². The molecule has 1 amide bonds. The highest BCUT2D eigenvalue weighted by molar-refractivity contribution is 7.89. The third-order valence-electron chi connectivity index (χ3n) is 8.01. The molecule has 1 aromatic heterocycles. The summed E-state index contributed by atoms with van der Waals surface area (Å²) in [5.74, 6) is 0.151. The molecule has 0 bridgehead atoms. The van der Waals surface area contributed by atoms with Gasteiger partial charge < -0.3 is 19.2 Å². The zero-order valence-corrected chi connectivity index (χ0v) is 24.9. The number of carbonyl (C=O) groups excluding carboxylic acids is 1. The Kier molecular flexibility index (Phi) is 9.64. The molecule has 2 fully saturated rings. The van der Waals surface area contributed by atoms with Crippen LogP contribution in [0.1, 0.15) is 100 Å². The average Bonchev–Trinajstić information content (AvgIpc) is 3.24. The topological polar surface area (TPSA) is 78.3 Å². The van der Waals surface area contributed by atoms with Crippen molar-refractivity contribution in [3.63, 3.8) is 0 Å². The largest absolute Gasteiger partial charge is 0.593 e. The Bertz CT molecular complexity index is 1180. The monoisotopic (exact) mass is 581 g/mol. The van der Waals surface area contributed by atoms with Crippen molar-refractivity contribution in [1.29, 1.82) is 0 Å². The van der Waals surface area contributed by atoms with Gasteiger partial charge in [-0.05, 0) is 96.0 Å². The first-order valence-corrected chi connectivity index (χ1v) is 15.4. The number of rotatable bonds is 7. The molecule has 6 nitrogen and oxygen atoms in total. The normalized spacial score (nSPS) is 19.4. The fourth-order valence-corrected chi connectivity index (χ4v) is 7.17. The van der Waals surface area contributed by atoms with Crippen LogP contribution in [0.5, 0.6) is 0 Å². The van der Waals surface area contributed by atoms with Gasteiger partial charge >= 0.3 is 6.18 Å². The summed E-state index contributed by atoms with van der Waals surface area (Å²) in [7, 11) is 0. The summed E-state index contributed by atoms with van der Waals surface area (Å²) < 4.78 is 66.1. The van der Waals surface area contributed by atoms with Crippen LogP contribution in [0.3, 0.4) is 0 Å². The van der Waals surface area contributed by atoms with Crippen molar-refractivity contribution in [2.75, 3.05) is 13.2 Å². The highest BCUT2D eigenvalue weighted by Gasteiger charge is 2.39. The Balaban J connectivity index is 1.79. The van der Waals surface area contributed by atoms with Crippen LogP contribution in [0, 0.1) is 12.8 Å². The number of alkyl halides is 3. The van der Waals surface area contributed by atoms with Crippen molar-refractivity contribution in [2.45, 2.75) is 108 Å². The van der Waals surface area contributed by atoms with Gasteiger partial charge in [-0.15, -0.1) is 4.72 Å². The van der Waals surface area contributed by atoms with Crippen molar-refractivity contribution in [3.05, 3.63) is 41.1 Å². The Labute approximate surface area is 238 Å². The molecule has 0 radical (unpaired) electrons. The Hall–Kier alpha value is -2.01. The molecule has 222 valence electrons. The number of halogens is 3. The molecular formula is C30H42F3N3O3S. The van der Waals surface area contributed by atoms with E-state index in [1.54, 1.807) is 32.9 Å². The highest BCUT2D eigenvalue weighted by Crippen LogP contribution is 2.41. The second-order valence-electron chi connectivity index (χ2n) is 12.2. The molecule has 0 spiro atoms. The summed E-state index contributed by atoms with van der Waals surface area (Å²) in [5, 5.41) is 3.11. The van der Waals surface area contributed by atoms with Crippen molar-refractivity contribution < 1.29 is 27.3 Å². The maximum Gasteiger partial charge on any atom is 0.421 e. The highest BCUT2D eigenvalue weighted by atomic mass is 32.2. The minimum atomic E-state index is -4.70. The molecule has 1 saturated carbocycles. The van der Waals surface area contributed by atoms with Crippen LogP contribution in [0.15, 0.2) is 29.2 Å². The number of nitrogens with zero attached hydrogens (tertiary/aromatic N) is 1. The standard InChI is InChI=1S/C30H42F3N3O3S/c1-19(21-9-7-6-8-10-21)36-20(2)24(28(37)34-23-13-15-39-16-14-23)18-26(36)22-11-12-27(25(17-22)30(31,32)33)40(38)35-29(3,4)5/h11-12,17-19,21,23,35H,6-10,13-16H2,1-5H3,(H,34,37). The van der Waals surface area contributed by atoms with Gasteiger partial charge in [0.2, 0.25) is 0 Å². The molecule has 2 atom stereocenters. The minimum absolute atomic E-state index is 0.00429. The maximum absolute atomic E-state index is 14.3. The van der Waals surface area contributed by atoms with E-state index in [1.807, 2.05) is 6.92 Å². The van der Waals surface area contributed by atoms with Gasteiger partial charge in [-0.25, -0.2) is 0 Å². The number of carbonyl (C=O) groups is 1. The zero-order valence-electron chi connectivity index (χ0n) is 24.1. The van der Waals surface area contributed by atoms with E-state index in [4.69, 9.17) is 4.74 Å². The number of aromatic nitrogens is 1. The Morgan fingerprint density at radius 1 is 1.07 bits per heavy atom. The number of amides is 1. The van der Waals surface area contributed by atoms with Crippen LogP contribution < -0.4 is 10.0 Å². The first kappa shape index (κ1) is 30.9. The molecule has 4 rings (SSSR count). The lowest BCUT2D eigenvalue weighted by Crippen LogP contribution is -2.41. The van der Waals surface area contributed by atoms with Crippen molar-refractivity contribution in [2.24, 2.45) is 5.92 Å². The van der Waals surface area contributed by atoms with Crippen LogP contribution in [0.4, 0.5) is 13.2 Å².